The van der Waals surface area contributed by atoms with Gasteiger partial charge in [-0.2, -0.15) is 0 Å². The predicted octanol–water partition coefficient (Wildman–Crippen LogP) is 0.254. The summed E-state index contributed by atoms with van der Waals surface area (Å²) in [6.07, 6.45) is 2.29. The van der Waals surface area contributed by atoms with Crippen molar-refractivity contribution in [3.63, 3.8) is 0 Å². The van der Waals surface area contributed by atoms with Crippen LogP contribution in [0.15, 0.2) is 23.3 Å². The standard InChI is InChI=1S/C17H30N3O14P3S2/c1-12-7-14(30-11-39-38-3)15(9-31-36(26,27)34-37(28,29)33-35(23,24)25)32-17(12)20(10-21)8-13(5-4-6-18)16(22)19-2/h8,10,12,17,23-25,35H,6-7,9,11,18H2,1-3H3,(H,19,22)(H,26,27)(H,28,29)/b13-8-/t12-,17+/m0/s1. The molecule has 1 heterocycles. The van der Waals surface area contributed by atoms with E-state index in [1.54, 1.807) is 13.2 Å². The fourth-order valence-electron chi connectivity index (χ4n) is 2.79. The van der Waals surface area contributed by atoms with Gasteiger partial charge in [0.25, 0.3) is 5.91 Å². The van der Waals surface area contributed by atoms with E-state index in [1.165, 1.54) is 28.6 Å². The number of ether oxygens (including phenoxy) is 2. The number of allylic oxidation sites excluding steroid dienone is 1. The second-order valence-corrected chi connectivity index (χ2v) is 14.4. The molecule has 22 heteroatoms. The van der Waals surface area contributed by atoms with Gasteiger partial charge in [0.1, 0.15) is 0 Å². The first kappa shape index (κ1) is 35.8. The van der Waals surface area contributed by atoms with Gasteiger partial charge in [-0.05, 0) is 6.26 Å². The molecule has 2 amide bonds. The van der Waals surface area contributed by atoms with Crippen LogP contribution in [0.1, 0.15) is 13.3 Å². The minimum atomic E-state index is -5.67. The first-order valence-corrected chi connectivity index (χ1v) is 18.0. The van der Waals surface area contributed by atoms with Crippen LogP contribution in [0.25, 0.3) is 0 Å². The molecule has 0 aliphatic carbocycles. The molecule has 0 aromatic heterocycles. The maximum atomic E-state index is 12.2. The van der Waals surface area contributed by atoms with Crippen LogP contribution in [0.5, 0.6) is 0 Å². The molecule has 0 saturated carbocycles. The number of amides is 2. The van der Waals surface area contributed by atoms with Crippen molar-refractivity contribution < 1.29 is 65.8 Å². The number of nitrogens with zero attached hydrogens (tertiary/aromatic N) is 1. The Morgan fingerprint density at radius 2 is 2.00 bits per heavy atom. The van der Waals surface area contributed by atoms with Gasteiger partial charge in [0.2, 0.25) is 0 Å². The number of carbonyl (C=O) groups is 2. The van der Waals surface area contributed by atoms with Gasteiger partial charge < -0.3 is 11.1 Å². The summed E-state index contributed by atoms with van der Waals surface area (Å²) in [6.45, 7) is 0.733. The molecular formula is C17H30N3O14P3S2. The summed E-state index contributed by atoms with van der Waals surface area (Å²) in [4.78, 5) is 70.7. The molecule has 17 nitrogen and oxygen atoms in total. The van der Waals surface area contributed by atoms with Crippen LogP contribution in [0.2, 0.25) is 0 Å². The third kappa shape index (κ3) is 13.3. The van der Waals surface area contributed by atoms with Crippen molar-refractivity contribution in [2.75, 3.05) is 32.4 Å². The number of phosphoric ester groups is 1. The molecule has 0 aromatic carbocycles. The number of nitrogens with one attached hydrogen (secondary N) is 1. The second kappa shape index (κ2) is 16.3. The van der Waals surface area contributed by atoms with Crippen LogP contribution < -0.4 is 11.1 Å². The quantitative estimate of drug-likeness (QED) is 0.0237. The fourth-order valence-corrected chi connectivity index (χ4v) is 6.70. The zero-order chi connectivity index (χ0) is 29.9. The Labute approximate surface area is 232 Å². The number of phosphoric acid groups is 2. The van der Waals surface area contributed by atoms with Crippen molar-refractivity contribution in [2.24, 2.45) is 11.7 Å². The zero-order valence-corrected chi connectivity index (χ0v) is 25.2. The molecule has 0 aromatic rings. The van der Waals surface area contributed by atoms with Gasteiger partial charge in [-0.25, -0.2) is 0 Å². The van der Waals surface area contributed by atoms with Crippen LogP contribution in [-0.2, 0) is 41.3 Å². The van der Waals surface area contributed by atoms with Crippen molar-refractivity contribution in [1.29, 1.82) is 0 Å². The Bertz CT molecular complexity index is 1090. The topological polar surface area (TPSA) is 257 Å². The van der Waals surface area contributed by atoms with Crippen LogP contribution in [0, 0.1) is 17.8 Å². The van der Waals surface area contributed by atoms with Crippen LogP contribution in [0.3, 0.4) is 0 Å². The molecule has 0 fully saturated rings. The van der Waals surface area contributed by atoms with Gasteiger partial charge in [0.05, 0.1) is 6.54 Å². The molecular weight excluding hydrogens is 627 g/mol. The van der Waals surface area contributed by atoms with Gasteiger partial charge in [-0.15, -0.1) is 0 Å². The Morgan fingerprint density at radius 3 is 2.54 bits per heavy atom. The van der Waals surface area contributed by atoms with E-state index in [4.69, 9.17) is 34.4 Å². The summed E-state index contributed by atoms with van der Waals surface area (Å²) in [5.74, 6) is 4.03. The van der Waals surface area contributed by atoms with Crippen molar-refractivity contribution in [2.45, 2.75) is 19.6 Å². The zero-order valence-electron chi connectivity index (χ0n) is 20.8. The first-order valence-electron chi connectivity index (χ1n) is 10.5. The van der Waals surface area contributed by atoms with E-state index in [2.05, 4.69) is 25.8 Å². The summed E-state index contributed by atoms with van der Waals surface area (Å²) in [5.41, 5.74) is 5.24. The van der Waals surface area contributed by atoms with Gasteiger partial charge in [0.15, 0.2) is 0 Å². The number of hydrogen-bond acceptors (Lipinski definition) is 15. The van der Waals surface area contributed by atoms with E-state index >= 15 is 0 Å². The third-order valence-corrected chi connectivity index (χ3v) is 9.72. The van der Waals surface area contributed by atoms with Gasteiger partial charge >= 0.3 is 179 Å². The molecule has 8 N–H and O–H groups in total. The van der Waals surface area contributed by atoms with Crippen LogP contribution in [-0.4, -0.2) is 80.3 Å². The average molecular weight is 657 g/mol. The summed E-state index contributed by atoms with van der Waals surface area (Å²) < 4.78 is 47.6. The SMILES string of the molecule is CNC(=O)/C(C#CCN)=C\N(C=O)[C@@H]1OC(COP(=O)(O)OP(=O)(O)O[PH](O)(O)O)=C(OCSSC)C[C@@H]1C. The number of hydrogen-bond donors (Lipinski definition) is 7. The fraction of sp³-hybridized carbons (Fsp3) is 0.529. The number of carbonyl (C=O) groups excluding carboxylic acids is 2. The van der Waals surface area contributed by atoms with Crippen molar-refractivity contribution >= 4 is 57.7 Å². The van der Waals surface area contributed by atoms with Gasteiger partial charge in [-0.1, -0.05) is 11.8 Å². The summed E-state index contributed by atoms with van der Waals surface area (Å²) in [7, 11) is -12.7. The molecule has 224 valence electrons. The van der Waals surface area contributed by atoms with Crippen molar-refractivity contribution in [3.8, 4) is 11.8 Å². The molecule has 0 spiro atoms. The monoisotopic (exact) mass is 657 g/mol. The van der Waals surface area contributed by atoms with Crippen LogP contribution in [0.4, 0.5) is 0 Å². The molecule has 1 aliphatic rings. The van der Waals surface area contributed by atoms with E-state index in [-0.39, 0.29) is 36.0 Å². The Morgan fingerprint density at radius 1 is 1.33 bits per heavy atom. The number of likely N-dealkylation sites (N-methyl/N-ethyl adjacent to an activating group) is 1. The van der Waals surface area contributed by atoms with E-state index in [0.29, 0.717) is 6.41 Å². The summed E-state index contributed by atoms with van der Waals surface area (Å²) in [6, 6.07) is 0. The van der Waals surface area contributed by atoms with Crippen molar-refractivity contribution in [3.05, 3.63) is 23.3 Å². The molecule has 4 atom stereocenters. The maximum absolute atomic E-state index is 12.2. The molecule has 0 radical (unpaired) electrons. The molecule has 1 rings (SSSR count). The first-order chi connectivity index (χ1) is 18.1. The molecule has 0 saturated heterocycles. The Hall–Kier alpha value is -1.19. The number of nitrogens with two attached hydrogens (primary N) is 1. The predicted molar refractivity (Wildman–Crippen MR) is 142 cm³/mol. The molecule has 2 unspecified atom stereocenters. The molecule has 1 aliphatic heterocycles. The van der Waals surface area contributed by atoms with Crippen LogP contribution >= 0.6 is 45.4 Å². The third-order valence-electron chi connectivity index (χ3n) is 4.26. The van der Waals surface area contributed by atoms with Gasteiger partial charge in [0, 0.05) is 7.05 Å². The molecule has 0 bridgehead atoms. The van der Waals surface area contributed by atoms with E-state index in [1.807, 2.05) is 0 Å². The van der Waals surface area contributed by atoms with Crippen molar-refractivity contribution in [1.82, 2.24) is 10.2 Å². The normalized spacial score (nSPS) is 21.4. The van der Waals surface area contributed by atoms with E-state index < -0.39 is 48.5 Å². The molecule has 39 heavy (non-hydrogen) atoms. The average Bonchev–Trinajstić information content (AvgIpc) is 2.81. The number of rotatable bonds is 15. The van der Waals surface area contributed by atoms with E-state index in [9.17, 15) is 28.5 Å². The minimum absolute atomic E-state index is 0.0576. The Balaban J connectivity index is 3.27. The van der Waals surface area contributed by atoms with E-state index in [0.717, 1.165) is 11.1 Å². The second-order valence-electron chi connectivity index (χ2n) is 7.22. The van der Waals surface area contributed by atoms with Gasteiger partial charge in [-0.3, -0.25) is 4.79 Å². The summed E-state index contributed by atoms with van der Waals surface area (Å²) >= 11 is 0. The Kier molecular flexibility index (Phi) is 15.0. The summed E-state index contributed by atoms with van der Waals surface area (Å²) in [5, 5.41) is 2.37.